The van der Waals surface area contributed by atoms with Gasteiger partial charge in [-0.15, -0.1) is 0 Å². The van der Waals surface area contributed by atoms with Gasteiger partial charge in [0, 0.05) is 44.8 Å². The first-order chi connectivity index (χ1) is 11.6. The molecular formula is C19H31N3O2. The molecule has 0 aromatic heterocycles. The number of carbonyl (C=O) groups is 1. The molecule has 5 nitrogen and oxygen atoms in total. The van der Waals surface area contributed by atoms with Crippen molar-refractivity contribution in [3.63, 3.8) is 0 Å². The Hall–Kier alpha value is -1.59. The molecule has 134 valence electrons. The Morgan fingerprint density at radius 2 is 2.00 bits per heavy atom. The molecule has 2 rings (SSSR count). The first kappa shape index (κ1) is 18.7. The van der Waals surface area contributed by atoms with Gasteiger partial charge in [0.2, 0.25) is 5.91 Å². The number of morpholine rings is 1. The lowest BCUT2D eigenvalue weighted by molar-refractivity contribution is -0.120. The Morgan fingerprint density at radius 3 is 2.71 bits per heavy atom. The summed E-state index contributed by atoms with van der Waals surface area (Å²) in [4.78, 5) is 14.3. The maximum atomic E-state index is 12.0. The van der Waals surface area contributed by atoms with Gasteiger partial charge in [-0.3, -0.25) is 9.69 Å². The highest BCUT2D eigenvalue weighted by Gasteiger charge is 2.11. The van der Waals surface area contributed by atoms with E-state index in [1.807, 2.05) is 0 Å². The maximum Gasteiger partial charge on any atom is 0.221 e. The van der Waals surface area contributed by atoms with E-state index >= 15 is 0 Å². The molecule has 24 heavy (non-hydrogen) atoms. The third-order valence-electron chi connectivity index (χ3n) is 4.43. The van der Waals surface area contributed by atoms with Crippen LogP contribution >= 0.6 is 0 Å². The zero-order chi connectivity index (χ0) is 17.4. The lowest BCUT2D eigenvalue weighted by Gasteiger charge is -2.26. The molecular weight excluding hydrogens is 302 g/mol. The van der Waals surface area contributed by atoms with Crippen molar-refractivity contribution >= 4 is 11.6 Å². The first-order valence-electron chi connectivity index (χ1n) is 8.98. The minimum atomic E-state index is 0.107. The molecule has 0 radical (unpaired) electrons. The highest BCUT2D eigenvalue weighted by atomic mass is 16.5. The predicted octanol–water partition coefficient (Wildman–Crippen LogP) is 2.37. The molecule has 0 bridgehead atoms. The number of nitrogens with one attached hydrogen (secondary N) is 2. The fourth-order valence-corrected chi connectivity index (χ4v) is 2.98. The second-order valence-corrected chi connectivity index (χ2v) is 6.67. The number of anilines is 1. The lowest BCUT2D eigenvalue weighted by Crippen LogP contribution is -2.41. The summed E-state index contributed by atoms with van der Waals surface area (Å²) >= 11 is 0. The number of ether oxygens (including phenoxy) is 1. The van der Waals surface area contributed by atoms with Crippen LogP contribution in [0.1, 0.15) is 37.3 Å². The Kier molecular flexibility index (Phi) is 7.53. The van der Waals surface area contributed by atoms with Crippen molar-refractivity contribution in [3.05, 3.63) is 29.3 Å². The van der Waals surface area contributed by atoms with Crippen molar-refractivity contribution in [1.29, 1.82) is 0 Å². The minimum absolute atomic E-state index is 0.107. The summed E-state index contributed by atoms with van der Waals surface area (Å²) in [6.07, 6.45) is 0.495. The largest absolute Gasteiger partial charge is 0.384 e. The summed E-state index contributed by atoms with van der Waals surface area (Å²) < 4.78 is 5.32. The Bertz CT molecular complexity index is 525. The number of hydrogen-bond acceptors (Lipinski definition) is 4. The van der Waals surface area contributed by atoms with Gasteiger partial charge in [-0.05, 0) is 24.0 Å². The van der Waals surface area contributed by atoms with Gasteiger partial charge >= 0.3 is 0 Å². The molecule has 1 fully saturated rings. The lowest BCUT2D eigenvalue weighted by atomic mass is 9.98. The van der Waals surface area contributed by atoms with E-state index in [9.17, 15) is 4.79 Å². The van der Waals surface area contributed by atoms with Crippen molar-refractivity contribution < 1.29 is 9.53 Å². The summed E-state index contributed by atoms with van der Waals surface area (Å²) in [7, 11) is 0. The third kappa shape index (κ3) is 5.80. The summed E-state index contributed by atoms with van der Waals surface area (Å²) in [6, 6.07) is 6.35. The van der Waals surface area contributed by atoms with Crippen molar-refractivity contribution in [3.8, 4) is 0 Å². The smallest absolute Gasteiger partial charge is 0.221 e. The summed E-state index contributed by atoms with van der Waals surface area (Å²) in [5.74, 6) is 0.574. The quantitative estimate of drug-likeness (QED) is 0.767. The maximum absolute atomic E-state index is 12.0. The number of carbonyl (C=O) groups excluding carboxylic acids is 1. The molecule has 1 aromatic rings. The number of benzene rings is 1. The second-order valence-electron chi connectivity index (χ2n) is 6.67. The van der Waals surface area contributed by atoms with Crippen LogP contribution in [0.5, 0.6) is 0 Å². The van der Waals surface area contributed by atoms with E-state index in [2.05, 4.69) is 54.5 Å². The first-order valence-corrected chi connectivity index (χ1v) is 8.98. The molecule has 0 aliphatic carbocycles. The molecule has 1 aliphatic heterocycles. The van der Waals surface area contributed by atoms with Crippen molar-refractivity contribution in [1.82, 2.24) is 10.2 Å². The number of nitrogens with zero attached hydrogens (tertiary/aromatic N) is 1. The van der Waals surface area contributed by atoms with Crippen LogP contribution in [0.2, 0.25) is 0 Å². The van der Waals surface area contributed by atoms with Gasteiger partial charge in [0.25, 0.3) is 0 Å². The summed E-state index contributed by atoms with van der Waals surface area (Å²) in [5.41, 5.74) is 3.71. The molecule has 0 unspecified atom stereocenters. The molecule has 5 heteroatoms. The molecule has 2 N–H and O–H groups in total. The molecule has 1 aliphatic rings. The Balaban J connectivity index is 1.69. The van der Waals surface area contributed by atoms with E-state index in [1.165, 1.54) is 16.8 Å². The molecule has 0 spiro atoms. The van der Waals surface area contributed by atoms with E-state index in [0.717, 1.165) is 32.8 Å². The van der Waals surface area contributed by atoms with Crippen LogP contribution in [0.4, 0.5) is 5.69 Å². The van der Waals surface area contributed by atoms with Gasteiger partial charge in [-0.2, -0.15) is 0 Å². The van der Waals surface area contributed by atoms with Gasteiger partial charge in [-0.1, -0.05) is 32.0 Å². The number of aryl methyl sites for hydroxylation is 1. The Labute approximate surface area is 145 Å². The van der Waals surface area contributed by atoms with Crippen molar-refractivity contribution in [2.75, 3.05) is 51.3 Å². The van der Waals surface area contributed by atoms with E-state index in [4.69, 9.17) is 4.74 Å². The SMILES string of the molecule is Cc1cccc(C(C)C)c1NCCC(=O)NCCN1CCOCC1. The second kappa shape index (κ2) is 9.64. The molecule has 1 amide bonds. The molecule has 1 aromatic carbocycles. The van der Waals surface area contributed by atoms with E-state index in [1.54, 1.807) is 0 Å². The fourth-order valence-electron chi connectivity index (χ4n) is 2.98. The fraction of sp³-hybridized carbons (Fsp3) is 0.632. The zero-order valence-electron chi connectivity index (χ0n) is 15.2. The number of para-hydroxylation sites is 1. The van der Waals surface area contributed by atoms with E-state index < -0.39 is 0 Å². The topological polar surface area (TPSA) is 53.6 Å². The van der Waals surface area contributed by atoms with Crippen molar-refractivity contribution in [2.45, 2.75) is 33.1 Å². The van der Waals surface area contributed by atoms with Crippen LogP contribution in [0.25, 0.3) is 0 Å². The number of hydrogen-bond donors (Lipinski definition) is 2. The highest BCUT2D eigenvalue weighted by Crippen LogP contribution is 2.27. The van der Waals surface area contributed by atoms with Crippen LogP contribution in [0.15, 0.2) is 18.2 Å². The van der Waals surface area contributed by atoms with Crippen LogP contribution in [0, 0.1) is 6.92 Å². The average Bonchev–Trinajstić information content (AvgIpc) is 2.57. The molecule has 1 heterocycles. The van der Waals surface area contributed by atoms with Crippen LogP contribution in [-0.2, 0) is 9.53 Å². The van der Waals surface area contributed by atoms with Crippen LogP contribution in [-0.4, -0.2) is 56.7 Å². The van der Waals surface area contributed by atoms with Gasteiger partial charge in [0.15, 0.2) is 0 Å². The third-order valence-corrected chi connectivity index (χ3v) is 4.43. The standard InChI is InChI=1S/C19H31N3O2/c1-15(2)17-6-4-5-16(3)19(17)21-8-7-18(23)20-9-10-22-11-13-24-14-12-22/h4-6,15,21H,7-14H2,1-3H3,(H,20,23). The van der Waals surface area contributed by atoms with Gasteiger partial charge in [0.1, 0.15) is 0 Å². The Morgan fingerprint density at radius 1 is 1.25 bits per heavy atom. The highest BCUT2D eigenvalue weighted by molar-refractivity contribution is 5.76. The minimum Gasteiger partial charge on any atom is -0.384 e. The van der Waals surface area contributed by atoms with Crippen LogP contribution in [0.3, 0.4) is 0 Å². The van der Waals surface area contributed by atoms with Gasteiger partial charge in [0.05, 0.1) is 13.2 Å². The van der Waals surface area contributed by atoms with Crippen LogP contribution < -0.4 is 10.6 Å². The van der Waals surface area contributed by atoms with Gasteiger partial charge < -0.3 is 15.4 Å². The summed E-state index contributed by atoms with van der Waals surface area (Å²) in [6.45, 7) is 12.3. The monoisotopic (exact) mass is 333 g/mol. The van der Waals surface area contributed by atoms with E-state index in [0.29, 0.717) is 25.4 Å². The average molecular weight is 333 g/mol. The molecule has 1 saturated heterocycles. The normalized spacial score (nSPS) is 15.5. The van der Waals surface area contributed by atoms with E-state index in [-0.39, 0.29) is 5.91 Å². The number of amides is 1. The van der Waals surface area contributed by atoms with Gasteiger partial charge in [-0.25, -0.2) is 0 Å². The van der Waals surface area contributed by atoms with Crippen molar-refractivity contribution in [2.24, 2.45) is 0 Å². The summed E-state index contributed by atoms with van der Waals surface area (Å²) in [5, 5.41) is 6.45. The number of rotatable bonds is 8. The molecule has 0 atom stereocenters. The zero-order valence-corrected chi connectivity index (χ0v) is 15.2. The molecule has 0 saturated carbocycles. The predicted molar refractivity (Wildman–Crippen MR) is 98.6 cm³/mol.